The molecule has 12 heavy (non-hydrogen) atoms. The van der Waals surface area contributed by atoms with Crippen LogP contribution in [0.5, 0.6) is 0 Å². The van der Waals surface area contributed by atoms with Crippen LogP contribution in [0, 0.1) is 17.7 Å². The van der Waals surface area contributed by atoms with Crippen molar-refractivity contribution in [3.63, 3.8) is 0 Å². The minimum absolute atomic E-state index is 0.191. The van der Waals surface area contributed by atoms with Crippen LogP contribution >= 0.6 is 15.9 Å². The van der Waals surface area contributed by atoms with Crippen molar-refractivity contribution in [2.75, 3.05) is 6.61 Å². The van der Waals surface area contributed by atoms with Gasteiger partial charge in [-0.15, -0.1) is 0 Å². The van der Waals surface area contributed by atoms with Crippen LogP contribution in [-0.2, 0) is 0 Å². The lowest BCUT2D eigenvalue weighted by atomic mass is 10.2. The highest BCUT2D eigenvalue weighted by atomic mass is 79.9. The number of benzene rings is 1. The van der Waals surface area contributed by atoms with Crippen LogP contribution in [0.25, 0.3) is 0 Å². The second-order valence-corrected chi connectivity index (χ2v) is 2.94. The predicted octanol–water partition coefficient (Wildman–Crippen LogP) is 1.93. The van der Waals surface area contributed by atoms with Gasteiger partial charge in [-0.1, -0.05) is 11.8 Å². The van der Waals surface area contributed by atoms with Crippen LogP contribution in [-0.4, -0.2) is 11.7 Å². The normalized spacial score (nSPS) is 8.92. The van der Waals surface area contributed by atoms with E-state index in [1.807, 2.05) is 0 Å². The summed E-state index contributed by atoms with van der Waals surface area (Å²) in [6.45, 7) is -0.191. The van der Waals surface area contributed by atoms with E-state index in [4.69, 9.17) is 5.11 Å². The Balaban J connectivity index is 3.01. The highest BCUT2D eigenvalue weighted by Crippen LogP contribution is 2.16. The van der Waals surface area contributed by atoms with Gasteiger partial charge in [0.2, 0.25) is 0 Å². The zero-order valence-electron chi connectivity index (χ0n) is 6.14. The standard InChI is InChI=1S/C9H6BrFO/c10-9-6-8(11)4-3-7(9)2-1-5-12/h3-4,6,12H,5H2. The fourth-order valence-electron chi connectivity index (χ4n) is 0.726. The Hall–Kier alpha value is -0.850. The minimum atomic E-state index is -0.309. The minimum Gasteiger partial charge on any atom is -0.384 e. The quantitative estimate of drug-likeness (QED) is 0.674. The third-order valence-corrected chi connectivity index (χ3v) is 1.89. The maximum absolute atomic E-state index is 12.5. The highest BCUT2D eigenvalue weighted by Gasteiger charge is 1.96. The van der Waals surface area contributed by atoms with Crippen molar-refractivity contribution in [3.8, 4) is 11.8 Å². The van der Waals surface area contributed by atoms with Gasteiger partial charge < -0.3 is 5.11 Å². The van der Waals surface area contributed by atoms with Gasteiger partial charge in [-0.25, -0.2) is 4.39 Å². The Morgan fingerprint density at radius 1 is 1.50 bits per heavy atom. The molecule has 1 aromatic rings. The van der Waals surface area contributed by atoms with Gasteiger partial charge in [0.25, 0.3) is 0 Å². The molecule has 0 radical (unpaired) electrons. The molecular formula is C9H6BrFO. The molecule has 1 aromatic carbocycles. The summed E-state index contributed by atoms with van der Waals surface area (Å²) in [6.07, 6.45) is 0. The van der Waals surface area contributed by atoms with E-state index in [0.717, 1.165) is 0 Å². The van der Waals surface area contributed by atoms with Crippen LogP contribution in [0.1, 0.15) is 5.56 Å². The summed E-state index contributed by atoms with van der Waals surface area (Å²) in [6, 6.07) is 4.22. The zero-order valence-corrected chi connectivity index (χ0v) is 7.73. The van der Waals surface area contributed by atoms with Crippen LogP contribution in [0.3, 0.4) is 0 Å². The molecule has 0 aliphatic heterocycles. The molecule has 0 atom stereocenters. The van der Waals surface area contributed by atoms with Crippen molar-refractivity contribution >= 4 is 15.9 Å². The molecule has 0 unspecified atom stereocenters. The molecule has 3 heteroatoms. The third kappa shape index (κ3) is 2.33. The molecule has 0 amide bonds. The molecule has 1 rings (SSSR count). The smallest absolute Gasteiger partial charge is 0.124 e. The third-order valence-electron chi connectivity index (χ3n) is 1.23. The number of aliphatic hydroxyl groups is 1. The summed E-state index contributed by atoms with van der Waals surface area (Å²) in [4.78, 5) is 0. The van der Waals surface area contributed by atoms with Gasteiger partial charge >= 0.3 is 0 Å². The van der Waals surface area contributed by atoms with E-state index in [2.05, 4.69) is 27.8 Å². The van der Waals surface area contributed by atoms with Gasteiger partial charge in [-0.05, 0) is 34.1 Å². The molecule has 0 aromatic heterocycles. The lowest BCUT2D eigenvalue weighted by molar-refractivity contribution is 0.350. The molecule has 0 fully saturated rings. The first-order chi connectivity index (χ1) is 5.74. The molecule has 0 aliphatic carbocycles. The van der Waals surface area contributed by atoms with Crippen LogP contribution in [0.15, 0.2) is 22.7 Å². The van der Waals surface area contributed by atoms with Gasteiger partial charge in [0.15, 0.2) is 0 Å². The van der Waals surface area contributed by atoms with Gasteiger partial charge in [-0.2, -0.15) is 0 Å². The number of hydrogen-bond donors (Lipinski definition) is 1. The van der Waals surface area contributed by atoms with Crippen molar-refractivity contribution in [1.82, 2.24) is 0 Å². The monoisotopic (exact) mass is 228 g/mol. The summed E-state index contributed by atoms with van der Waals surface area (Å²) in [7, 11) is 0. The molecule has 0 saturated carbocycles. The lowest BCUT2D eigenvalue weighted by Gasteiger charge is -1.94. The number of halogens is 2. The van der Waals surface area contributed by atoms with Gasteiger partial charge in [0.1, 0.15) is 12.4 Å². The largest absolute Gasteiger partial charge is 0.384 e. The van der Waals surface area contributed by atoms with E-state index in [9.17, 15) is 4.39 Å². The molecule has 1 N–H and O–H groups in total. The summed E-state index contributed by atoms with van der Waals surface area (Å²) in [5.74, 6) is 4.85. The van der Waals surface area contributed by atoms with Gasteiger partial charge in [0, 0.05) is 10.0 Å². The first kappa shape index (κ1) is 9.24. The topological polar surface area (TPSA) is 20.2 Å². The summed E-state index contributed by atoms with van der Waals surface area (Å²) in [5.41, 5.74) is 0.672. The molecule has 62 valence electrons. The van der Waals surface area contributed by atoms with E-state index in [-0.39, 0.29) is 12.4 Å². The predicted molar refractivity (Wildman–Crippen MR) is 48.1 cm³/mol. The number of aliphatic hydroxyl groups excluding tert-OH is 1. The molecule has 0 saturated heterocycles. The summed E-state index contributed by atoms with van der Waals surface area (Å²) in [5, 5.41) is 8.41. The Morgan fingerprint density at radius 2 is 2.25 bits per heavy atom. The lowest BCUT2D eigenvalue weighted by Crippen LogP contribution is -1.81. The Kier molecular flexibility index (Phi) is 3.27. The molecule has 0 bridgehead atoms. The maximum Gasteiger partial charge on any atom is 0.124 e. The van der Waals surface area contributed by atoms with E-state index < -0.39 is 0 Å². The molecule has 0 spiro atoms. The Morgan fingerprint density at radius 3 is 2.83 bits per heavy atom. The van der Waals surface area contributed by atoms with Crippen molar-refractivity contribution < 1.29 is 9.50 Å². The van der Waals surface area contributed by atoms with Crippen LogP contribution in [0.2, 0.25) is 0 Å². The Labute approximate surface area is 78.4 Å². The molecular weight excluding hydrogens is 223 g/mol. The average Bonchev–Trinajstić information content (AvgIpc) is 2.03. The average molecular weight is 229 g/mol. The molecule has 1 nitrogen and oxygen atoms in total. The van der Waals surface area contributed by atoms with Crippen molar-refractivity contribution in [2.24, 2.45) is 0 Å². The van der Waals surface area contributed by atoms with E-state index in [1.165, 1.54) is 12.1 Å². The summed E-state index contributed by atoms with van der Waals surface area (Å²) >= 11 is 3.15. The molecule has 0 aliphatic rings. The van der Waals surface area contributed by atoms with E-state index in [1.54, 1.807) is 6.07 Å². The first-order valence-electron chi connectivity index (χ1n) is 3.29. The van der Waals surface area contributed by atoms with Crippen molar-refractivity contribution in [2.45, 2.75) is 0 Å². The SMILES string of the molecule is OCC#Cc1ccc(F)cc1Br. The second-order valence-electron chi connectivity index (χ2n) is 2.08. The Bertz CT molecular complexity index is 338. The van der Waals surface area contributed by atoms with E-state index in [0.29, 0.717) is 10.0 Å². The first-order valence-corrected chi connectivity index (χ1v) is 4.08. The fourth-order valence-corrected chi connectivity index (χ4v) is 1.18. The maximum atomic E-state index is 12.5. The number of hydrogen-bond acceptors (Lipinski definition) is 1. The summed E-state index contributed by atoms with van der Waals surface area (Å²) < 4.78 is 13.1. The number of rotatable bonds is 0. The van der Waals surface area contributed by atoms with Crippen molar-refractivity contribution in [1.29, 1.82) is 0 Å². The molecule has 0 heterocycles. The zero-order chi connectivity index (χ0) is 8.97. The van der Waals surface area contributed by atoms with Crippen LogP contribution < -0.4 is 0 Å². The van der Waals surface area contributed by atoms with Crippen molar-refractivity contribution in [3.05, 3.63) is 34.1 Å². The van der Waals surface area contributed by atoms with E-state index >= 15 is 0 Å². The highest BCUT2D eigenvalue weighted by molar-refractivity contribution is 9.10. The van der Waals surface area contributed by atoms with Gasteiger partial charge in [-0.3, -0.25) is 0 Å². The second kappa shape index (κ2) is 4.24. The van der Waals surface area contributed by atoms with Gasteiger partial charge in [0.05, 0.1) is 0 Å². The van der Waals surface area contributed by atoms with Crippen LogP contribution in [0.4, 0.5) is 4.39 Å². The fraction of sp³-hybridized carbons (Fsp3) is 0.111.